The molecule has 0 fully saturated rings. The Labute approximate surface area is 157 Å². The number of rotatable bonds is 8. The van der Waals surface area contributed by atoms with Crippen LogP contribution in [0.1, 0.15) is 5.56 Å². The fourth-order valence-electron chi connectivity index (χ4n) is 2.43. The summed E-state index contributed by atoms with van der Waals surface area (Å²) in [7, 11) is 2.88. The maximum absolute atomic E-state index is 13.6. The molecular weight excluding hydrogens is 387 g/mol. The molecular formula is C18H17F5N2O3. The second kappa shape index (κ2) is 9.36. The number of amides is 1. The third kappa shape index (κ3) is 5.56. The summed E-state index contributed by atoms with van der Waals surface area (Å²) in [5, 5.41) is 2.16. The van der Waals surface area contributed by atoms with Crippen molar-refractivity contribution in [1.29, 1.82) is 0 Å². The lowest BCUT2D eigenvalue weighted by Gasteiger charge is -2.18. The number of hydrogen-bond acceptors (Lipinski definition) is 4. The van der Waals surface area contributed by atoms with E-state index >= 15 is 0 Å². The van der Waals surface area contributed by atoms with E-state index in [0.29, 0.717) is 11.6 Å². The van der Waals surface area contributed by atoms with E-state index in [-0.39, 0.29) is 24.6 Å². The summed E-state index contributed by atoms with van der Waals surface area (Å²) in [5.74, 6) is -5.22. The van der Waals surface area contributed by atoms with Crippen molar-refractivity contribution in [2.75, 3.05) is 26.0 Å². The molecule has 1 amide bonds. The van der Waals surface area contributed by atoms with E-state index < -0.39 is 35.7 Å². The van der Waals surface area contributed by atoms with Crippen LogP contribution in [0.3, 0.4) is 0 Å². The number of carbonyl (C=O) groups is 1. The number of halogens is 5. The number of benzene rings is 2. The summed E-state index contributed by atoms with van der Waals surface area (Å²) in [5.41, 5.74) is 0.153. The molecule has 0 atom stereocenters. The minimum atomic E-state index is -3.00. The molecule has 0 heterocycles. The largest absolute Gasteiger partial charge is 0.493 e. The van der Waals surface area contributed by atoms with Gasteiger partial charge in [0.2, 0.25) is 5.91 Å². The standard InChI is InChI=1S/C18H17F5N2O3/c1-25(8-10-3-6-13(28-18(22)23)14(7-10)27-2)9-15(26)24-12-5-4-11(19)16(20)17(12)21/h3-7,18H,8-9H2,1-2H3,(H,24,26). The molecule has 152 valence electrons. The monoisotopic (exact) mass is 404 g/mol. The molecule has 0 radical (unpaired) electrons. The Balaban J connectivity index is 1.99. The Hall–Kier alpha value is -2.88. The predicted octanol–water partition coefficient (Wildman–Crippen LogP) is 3.78. The topological polar surface area (TPSA) is 50.8 Å². The minimum Gasteiger partial charge on any atom is -0.493 e. The summed E-state index contributed by atoms with van der Waals surface area (Å²) in [4.78, 5) is 13.5. The molecule has 0 spiro atoms. The molecule has 28 heavy (non-hydrogen) atoms. The molecule has 0 saturated carbocycles. The van der Waals surface area contributed by atoms with Gasteiger partial charge in [0, 0.05) is 6.54 Å². The van der Waals surface area contributed by atoms with E-state index in [1.807, 2.05) is 0 Å². The Morgan fingerprint density at radius 3 is 2.46 bits per heavy atom. The van der Waals surface area contributed by atoms with Gasteiger partial charge in [-0.1, -0.05) is 6.07 Å². The number of alkyl halides is 2. The first-order valence-corrected chi connectivity index (χ1v) is 7.95. The normalized spacial score (nSPS) is 11.0. The molecule has 10 heteroatoms. The first kappa shape index (κ1) is 21.4. The lowest BCUT2D eigenvalue weighted by molar-refractivity contribution is -0.117. The molecule has 2 rings (SSSR count). The molecule has 0 bridgehead atoms. The maximum atomic E-state index is 13.6. The van der Waals surface area contributed by atoms with Crippen LogP contribution in [0.4, 0.5) is 27.6 Å². The second-order valence-electron chi connectivity index (χ2n) is 5.81. The highest BCUT2D eigenvalue weighted by Gasteiger charge is 2.17. The van der Waals surface area contributed by atoms with Crippen LogP contribution in [-0.4, -0.2) is 38.1 Å². The van der Waals surface area contributed by atoms with Gasteiger partial charge in [-0.05, 0) is 36.9 Å². The number of nitrogens with zero attached hydrogens (tertiary/aromatic N) is 1. The Morgan fingerprint density at radius 2 is 1.82 bits per heavy atom. The third-order valence-electron chi connectivity index (χ3n) is 3.62. The second-order valence-corrected chi connectivity index (χ2v) is 5.81. The van der Waals surface area contributed by atoms with Crippen LogP contribution in [0, 0.1) is 17.5 Å². The number of ether oxygens (including phenoxy) is 2. The van der Waals surface area contributed by atoms with Crippen LogP contribution in [0.25, 0.3) is 0 Å². The molecule has 1 N–H and O–H groups in total. The summed E-state index contributed by atoms with van der Waals surface area (Å²) < 4.78 is 73.7. The fraction of sp³-hybridized carbons (Fsp3) is 0.278. The maximum Gasteiger partial charge on any atom is 0.387 e. The van der Waals surface area contributed by atoms with Crippen molar-refractivity contribution >= 4 is 11.6 Å². The molecule has 0 aliphatic heterocycles. The lowest BCUT2D eigenvalue weighted by atomic mass is 10.2. The highest BCUT2D eigenvalue weighted by molar-refractivity contribution is 5.92. The van der Waals surface area contributed by atoms with Gasteiger partial charge >= 0.3 is 6.61 Å². The van der Waals surface area contributed by atoms with Crippen LogP contribution in [0.15, 0.2) is 30.3 Å². The number of nitrogens with one attached hydrogen (secondary N) is 1. The van der Waals surface area contributed by atoms with E-state index in [9.17, 15) is 26.7 Å². The van der Waals surface area contributed by atoms with Crippen molar-refractivity contribution < 1.29 is 36.2 Å². The Bertz CT molecular complexity index is 848. The van der Waals surface area contributed by atoms with Gasteiger partial charge in [-0.2, -0.15) is 8.78 Å². The Morgan fingerprint density at radius 1 is 1.11 bits per heavy atom. The first-order valence-electron chi connectivity index (χ1n) is 7.95. The van der Waals surface area contributed by atoms with Crippen molar-refractivity contribution in [3.8, 4) is 11.5 Å². The molecule has 5 nitrogen and oxygen atoms in total. The summed E-state index contributed by atoms with van der Waals surface area (Å²) >= 11 is 0. The third-order valence-corrected chi connectivity index (χ3v) is 3.62. The van der Waals surface area contributed by atoms with Crippen molar-refractivity contribution in [3.05, 3.63) is 53.3 Å². The zero-order valence-electron chi connectivity index (χ0n) is 14.9. The highest BCUT2D eigenvalue weighted by atomic mass is 19.3. The number of likely N-dealkylation sites (N-methyl/N-ethyl adjacent to an activating group) is 1. The van der Waals surface area contributed by atoms with Gasteiger partial charge in [-0.25, -0.2) is 13.2 Å². The van der Waals surface area contributed by atoms with Gasteiger partial charge in [0.25, 0.3) is 0 Å². The molecule has 2 aromatic rings. The van der Waals surface area contributed by atoms with Crippen LogP contribution in [-0.2, 0) is 11.3 Å². The molecule has 0 unspecified atom stereocenters. The summed E-state index contributed by atoms with van der Waals surface area (Å²) in [6, 6.07) is 5.92. The van der Waals surface area contributed by atoms with Crippen molar-refractivity contribution in [1.82, 2.24) is 4.90 Å². The van der Waals surface area contributed by atoms with Gasteiger partial charge in [-0.3, -0.25) is 9.69 Å². The van der Waals surface area contributed by atoms with E-state index in [0.717, 1.165) is 6.07 Å². The lowest BCUT2D eigenvalue weighted by Crippen LogP contribution is -2.30. The quantitative estimate of drug-likeness (QED) is 0.538. The van der Waals surface area contributed by atoms with Crippen molar-refractivity contribution in [2.24, 2.45) is 0 Å². The van der Waals surface area contributed by atoms with E-state index in [1.165, 1.54) is 30.2 Å². The summed E-state index contributed by atoms with van der Waals surface area (Å²) in [6.07, 6.45) is 0. The van der Waals surface area contributed by atoms with E-state index in [2.05, 4.69) is 10.1 Å². The minimum absolute atomic E-state index is 0.0968. The van der Waals surface area contributed by atoms with Crippen LogP contribution < -0.4 is 14.8 Å². The molecule has 0 aromatic heterocycles. The SMILES string of the molecule is COc1cc(CN(C)CC(=O)Nc2ccc(F)c(F)c2F)ccc1OC(F)F. The molecule has 2 aromatic carbocycles. The predicted molar refractivity (Wildman–Crippen MR) is 90.9 cm³/mol. The number of carbonyl (C=O) groups excluding carboxylic acids is 1. The zero-order valence-corrected chi connectivity index (χ0v) is 14.9. The number of methoxy groups -OCH3 is 1. The van der Waals surface area contributed by atoms with E-state index in [4.69, 9.17) is 4.74 Å². The summed E-state index contributed by atoms with van der Waals surface area (Å²) in [6.45, 7) is -2.97. The van der Waals surface area contributed by atoms with Crippen LogP contribution >= 0.6 is 0 Å². The van der Waals surface area contributed by atoms with Gasteiger partial charge in [0.05, 0.1) is 19.3 Å². The van der Waals surface area contributed by atoms with E-state index in [1.54, 1.807) is 7.05 Å². The zero-order chi connectivity index (χ0) is 20.8. The van der Waals surface area contributed by atoms with Gasteiger partial charge in [0.1, 0.15) is 0 Å². The smallest absolute Gasteiger partial charge is 0.387 e. The van der Waals surface area contributed by atoms with Gasteiger partial charge in [0.15, 0.2) is 29.0 Å². The van der Waals surface area contributed by atoms with Crippen molar-refractivity contribution in [2.45, 2.75) is 13.2 Å². The fourth-order valence-corrected chi connectivity index (χ4v) is 2.43. The number of hydrogen-bond donors (Lipinski definition) is 1. The van der Waals surface area contributed by atoms with Gasteiger partial charge < -0.3 is 14.8 Å². The molecule has 0 aliphatic carbocycles. The Kier molecular flexibility index (Phi) is 7.16. The van der Waals surface area contributed by atoms with Crippen molar-refractivity contribution in [3.63, 3.8) is 0 Å². The number of anilines is 1. The molecule has 0 saturated heterocycles. The van der Waals surface area contributed by atoms with Gasteiger partial charge in [-0.15, -0.1) is 0 Å². The first-order chi connectivity index (χ1) is 13.2. The molecule has 0 aliphatic rings. The van der Waals surface area contributed by atoms with Crippen LogP contribution in [0.2, 0.25) is 0 Å². The van der Waals surface area contributed by atoms with Crippen LogP contribution in [0.5, 0.6) is 11.5 Å². The average Bonchev–Trinajstić information content (AvgIpc) is 2.63. The average molecular weight is 404 g/mol. The highest BCUT2D eigenvalue weighted by Crippen LogP contribution is 2.29.